The Bertz CT molecular complexity index is 825. The van der Waals surface area contributed by atoms with Crippen LogP contribution in [0.4, 0.5) is 13.2 Å². The van der Waals surface area contributed by atoms with E-state index in [0.29, 0.717) is 5.92 Å². The molecule has 0 spiro atoms. The van der Waals surface area contributed by atoms with Gasteiger partial charge in [0, 0.05) is 0 Å². The quantitative estimate of drug-likeness (QED) is 0.447. The largest absolute Gasteiger partial charge is 0.484 e. The van der Waals surface area contributed by atoms with Gasteiger partial charge >= 0.3 is 6.18 Å². The van der Waals surface area contributed by atoms with Crippen molar-refractivity contribution in [3.63, 3.8) is 0 Å². The van der Waals surface area contributed by atoms with Crippen molar-refractivity contribution in [2.75, 3.05) is 6.61 Å². The van der Waals surface area contributed by atoms with Gasteiger partial charge in [0.2, 0.25) is 0 Å². The van der Waals surface area contributed by atoms with Crippen LogP contribution >= 0.6 is 0 Å². The Labute approximate surface area is 184 Å². The van der Waals surface area contributed by atoms with Gasteiger partial charge < -0.3 is 4.74 Å². The van der Waals surface area contributed by atoms with Crippen LogP contribution in [0.15, 0.2) is 48.5 Å². The van der Waals surface area contributed by atoms with Crippen molar-refractivity contribution >= 4 is 0 Å². The molecule has 0 aliphatic heterocycles. The number of rotatable bonds is 6. The van der Waals surface area contributed by atoms with Gasteiger partial charge in [-0.1, -0.05) is 62.6 Å². The van der Waals surface area contributed by atoms with Gasteiger partial charge in [0.25, 0.3) is 0 Å². The van der Waals surface area contributed by atoms with Crippen LogP contribution in [-0.4, -0.2) is 12.8 Å². The molecule has 1 nitrogen and oxygen atoms in total. The summed E-state index contributed by atoms with van der Waals surface area (Å²) in [6.07, 6.45) is 6.69. The highest BCUT2D eigenvalue weighted by Crippen LogP contribution is 2.48. The molecule has 4 unspecified atom stereocenters. The molecule has 2 fully saturated rings. The zero-order valence-electron chi connectivity index (χ0n) is 18.3. The molecule has 0 N–H and O–H groups in total. The number of hydrogen-bond donors (Lipinski definition) is 0. The second-order valence-electron chi connectivity index (χ2n) is 9.55. The topological polar surface area (TPSA) is 9.23 Å². The molecule has 0 amide bonds. The Balaban J connectivity index is 1.34. The molecule has 2 aliphatic rings. The summed E-state index contributed by atoms with van der Waals surface area (Å²) in [5, 5.41) is 0. The normalized spacial score (nSPS) is 26.3. The number of ether oxygens (including phenoxy) is 1. The van der Waals surface area contributed by atoms with Gasteiger partial charge in [-0.3, -0.25) is 0 Å². The summed E-state index contributed by atoms with van der Waals surface area (Å²) in [5.74, 6) is 3.71. The lowest BCUT2D eigenvalue weighted by molar-refractivity contribution is -0.153. The molecule has 0 saturated heterocycles. The molecule has 0 bridgehead atoms. The summed E-state index contributed by atoms with van der Waals surface area (Å²) in [6, 6.07) is 15.6. The number of fused-ring (bicyclic) bond motifs is 1. The first kappa shape index (κ1) is 22.2. The van der Waals surface area contributed by atoms with E-state index in [4.69, 9.17) is 4.74 Å². The van der Waals surface area contributed by atoms with Gasteiger partial charge in [-0.2, -0.15) is 13.2 Å². The summed E-state index contributed by atoms with van der Waals surface area (Å²) < 4.78 is 41.7. The zero-order valence-corrected chi connectivity index (χ0v) is 18.3. The van der Waals surface area contributed by atoms with E-state index in [2.05, 4.69) is 31.2 Å². The molecular formula is C27H33F3O. The molecule has 2 aromatic rings. The molecule has 4 heteroatoms. The summed E-state index contributed by atoms with van der Waals surface area (Å²) in [4.78, 5) is 0. The third-order valence-corrected chi connectivity index (χ3v) is 7.39. The molecule has 31 heavy (non-hydrogen) atoms. The van der Waals surface area contributed by atoms with Crippen LogP contribution < -0.4 is 4.74 Å². The van der Waals surface area contributed by atoms with E-state index in [-0.39, 0.29) is 5.75 Å². The SMILES string of the molecule is CCCC1CCC2CC(c3ccc(-c4ccc(OCC(F)(F)F)cc4)cc3)CCC2C1. The molecule has 4 rings (SSSR count). The van der Waals surface area contributed by atoms with Crippen molar-refractivity contribution in [1.29, 1.82) is 0 Å². The van der Waals surface area contributed by atoms with E-state index in [1.54, 1.807) is 12.1 Å². The van der Waals surface area contributed by atoms with Crippen LogP contribution in [0, 0.1) is 17.8 Å². The summed E-state index contributed by atoms with van der Waals surface area (Å²) >= 11 is 0. The van der Waals surface area contributed by atoms with E-state index < -0.39 is 12.8 Å². The van der Waals surface area contributed by atoms with E-state index >= 15 is 0 Å². The first-order valence-electron chi connectivity index (χ1n) is 11.8. The van der Waals surface area contributed by atoms with Crippen molar-refractivity contribution in [3.05, 3.63) is 54.1 Å². The predicted octanol–water partition coefficient (Wildman–Crippen LogP) is 8.39. The fourth-order valence-corrected chi connectivity index (χ4v) is 5.82. The molecular weight excluding hydrogens is 397 g/mol. The van der Waals surface area contributed by atoms with Crippen LogP contribution in [0.1, 0.15) is 69.8 Å². The molecule has 168 valence electrons. The lowest BCUT2D eigenvalue weighted by Gasteiger charge is -2.42. The van der Waals surface area contributed by atoms with Gasteiger partial charge in [-0.05, 0) is 84.6 Å². The second kappa shape index (κ2) is 9.67. The third-order valence-electron chi connectivity index (χ3n) is 7.39. The van der Waals surface area contributed by atoms with Crippen LogP contribution in [0.25, 0.3) is 11.1 Å². The maximum Gasteiger partial charge on any atom is 0.422 e. The fraction of sp³-hybridized carbons (Fsp3) is 0.556. The first-order valence-corrected chi connectivity index (χ1v) is 11.8. The number of halogens is 3. The van der Waals surface area contributed by atoms with Crippen molar-refractivity contribution in [3.8, 4) is 16.9 Å². The zero-order chi connectivity index (χ0) is 21.8. The number of benzene rings is 2. The third kappa shape index (κ3) is 5.84. The minimum atomic E-state index is -4.32. The van der Waals surface area contributed by atoms with Gasteiger partial charge in [-0.25, -0.2) is 0 Å². The van der Waals surface area contributed by atoms with Crippen molar-refractivity contribution in [2.45, 2.75) is 70.4 Å². The van der Waals surface area contributed by atoms with Crippen molar-refractivity contribution in [1.82, 2.24) is 0 Å². The minimum Gasteiger partial charge on any atom is -0.484 e. The summed E-state index contributed by atoms with van der Waals surface area (Å²) in [6.45, 7) is 1.05. The average molecular weight is 431 g/mol. The van der Waals surface area contributed by atoms with Crippen LogP contribution in [0.3, 0.4) is 0 Å². The lowest BCUT2D eigenvalue weighted by atomic mass is 9.63. The first-order chi connectivity index (χ1) is 14.9. The molecule has 2 aliphatic carbocycles. The average Bonchev–Trinajstić information content (AvgIpc) is 2.78. The van der Waals surface area contributed by atoms with E-state index in [1.807, 2.05) is 12.1 Å². The number of alkyl halides is 3. The van der Waals surface area contributed by atoms with Gasteiger partial charge in [0.05, 0.1) is 0 Å². The number of hydrogen-bond acceptors (Lipinski definition) is 1. The lowest BCUT2D eigenvalue weighted by Crippen LogP contribution is -2.30. The van der Waals surface area contributed by atoms with Crippen LogP contribution in [0.5, 0.6) is 5.75 Å². The van der Waals surface area contributed by atoms with Crippen LogP contribution in [-0.2, 0) is 0 Å². The monoisotopic (exact) mass is 430 g/mol. The standard InChI is InChI=1S/C27H33F3O/c1-2-3-19-4-5-25-17-24(11-10-23(25)16-19)22-8-6-20(7-9-22)21-12-14-26(15-13-21)31-18-27(28,29)30/h6-9,12-15,19,23-25H,2-5,10-11,16-18H2,1H3. The smallest absolute Gasteiger partial charge is 0.422 e. The molecule has 0 aromatic heterocycles. The Morgan fingerprint density at radius 3 is 2.06 bits per heavy atom. The summed E-state index contributed by atoms with van der Waals surface area (Å²) in [7, 11) is 0. The summed E-state index contributed by atoms with van der Waals surface area (Å²) in [5.41, 5.74) is 3.51. The maximum absolute atomic E-state index is 12.3. The van der Waals surface area contributed by atoms with E-state index in [1.165, 1.54) is 56.9 Å². The minimum absolute atomic E-state index is 0.239. The Morgan fingerprint density at radius 1 is 0.806 bits per heavy atom. The Kier molecular flexibility index (Phi) is 6.93. The van der Waals surface area contributed by atoms with E-state index in [9.17, 15) is 13.2 Å². The Hall–Kier alpha value is -1.97. The molecule has 2 aromatic carbocycles. The molecule has 0 radical (unpaired) electrons. The molecule has 2 saturated carbocycles. The van der Waals surface area contributed by atoms with Crippen molar-refractivity contribution in [2.24, 2.45) is 17.8 Å². The van der Waals surface area contributed by atoms with Gasteiger partial charge in [0.1, 0.15) is 5.75 Å². The van der Waals surface area contributed by atoms with Crippen molar-refractivity contribution < 1.29 is 17.9 Å². The van der Waals surface area contributed by atoms with E-state index in [0.717, 1.165) is 28.9 Å². The maximum atomic E-state index is 12.3. The predicted molar refractivity (Wildman–Crippen MR) is 119 cm³/mol. The van der Waals surface area contributed by atoms with Gasteiger partial charge in [-0.15, -0.1) is 0 Å². The fourth-order valence-electron chi connectivity index (χ4n) is 5.82. The molecule has 0 heterocycles. The highest BCUT2D eigenvalue weighted by molar-refractivity contribution is 5.64. The highest BCUT2D eigenvalue weighted by atomic mass is 19.4. The molecule has 4 atom stereocenters. The highest BCUT2D eigenvalue weighted by Gasteiger charge is 2.35. The second-order valence-corrected chi connectivity index (χ2v) is 9.55. The van der Waals surface area contributed by atoms with Crippen LogP contribution in [0.2, 0.25) is 0 Å². The van der Waals surface area contributed by atoms with Gasteiger partial charge in [0.15, 0.2) is 6.61 Å². The Morgan fingerprint density at radius 2 is 1.42 bits per heavy atom.